The second-order valence-electron chi connectivity index (χ2n) is 14.0. The molecule has 0 radical (unpaired) electrons. The summed E-state index contributed by atoms with van der Waals surface area (Å²) in [5.74, 6) is -2.02. The number of nitrogens with zero attached hydrogens (tertiary/aromatic N) is 3. The van der Waals surface area contributed by atoms with E-state index in [9.17, 15) is 32.3 Å². The van der Waals surface area contributed by atoms with Crippen molar-refractivity contribution in [2.75, 3.05) is 42.8 Å². The second-order valence-corrected chi connectivity index (χ2v) is 14.0. The van der Waals surface area contributed by atoms with Crippen LogP contribution < -0.4 is 36.2 Å². The molecule has 0 bridgehead atoms. The summed E-state index contributed by atoms with van der Waals surface area (Å²) in [6, 6.07) is 15.4. The van der Waals surface area contributed by atoms with Crippen molar-refractivity contribution in [1.29, 1.82) is 0 Å². The molecular formula is C40H40F4N8O5. The third-order valence-corrected chi connectivity index (χ3v) is 10.4. The minimum atomic E-state index is -4.72. The van der Waals surface area contributed by atoms with Crippen LogP contribution in [0.1, 0.15) is 63.1 Å². The zero-order chi connectivity index (χ0) is 40.4. The molecule has 4 heterocycles. The molecule has 2 fully saturated rings. The number of pyridine rings is 1. The van der Waals surface area contributed by atoms with Crippen LogP contribution in [0.25, 0.3) is 0 Å². The maximum atomic E-state index is 15.2. The summed E-state index contributed by atoms with van der Waals surface area (Å²) < 4.78 is 62.9. The number of nitrogens with one attached hydrogen (secondary N) is 5. The molecule has 3 aromatic carbocycles. The number of para-hydroxylation sites is 1. The summed E-state index contributed by atoms with van der Waals surface area (Å²) in [6.45, 7) is 1.88. The Bertz CT molecular complexity index is 2230. The Balaban J connectivity index is 0.975. The van der Waals surface area contributed by atoms with Crippen molar-refractivity contribution in [2.24, 2.45) is 0 Å². The number of anilines is 5. The molecule has 0 aliphatic carbocycles. The average molecular weight is 789 g/mol. The molecule has 13 nitrogen and oxygen atoms in total. The van der Waals surface area contributed by atoms with Crippen molar-refractivity contribution in [3.63, 3.8) is 0 Å². The highest BCUT2D eigenvalue weighted by molar-refractivity contribution is 6.05. The number of imide groups is 1. The summed E-state index contributed by atoms with van der Waals surface area (Å²) >= 11 is 0. The molecule has 2 saturated heterocycles. The number of aromatic nitrogens is 1. The Kier molecular flexibility index (Phi) is 11.0. The van der Waals surface area contributed by atoms with E-state index in [2.05, 4.69) is 36.5 Å². The molecule has 298 valence electrons. The van der Waals surface area contributed by atoms with Gasteiger partial charge in [0.1, 0.15) is 23.4 Å². The van der Waals surface area contributed by atoms with Gasteiger partial charge in [0.25, 0.3) is 11.8 Å². The summed E-state index contributed by atoms with van der Waals surface area (Å²) in [5, 5.41) is 14.1. The molecule has 4 amide bonds. The van der Waals surface area contributed by atoms with E-state index in [4.69, 9.17) is 4.74 Å². The number of hydrogen-bond donors (Lipinski definition) is 5. The molecule has 7 rings (SSSR count). The fourth-order valence-electron chi connectivity index (χ4n) is 7.47. The van der Waals surface area contributed by atoms with Gasteiger partial charge < -0.3 is 35.8 Å². The number of amides is 4. The van der Waals surface area contributed by atoms with Crippen LogP contribution in [0, 0.1) is 5.82 Å². The minimum Gasteiger partial charge on any atom is -0.494 e. The largest absolute Gasteiger partial charge is 0.494 e. The standard InChI is InChI=1S/C40H40F4N8O5/c1-45-37(54)26-5-3-4-6-29(26)48-31-18-34(47-20-27(31)40(42,43)44)49-30-8-7-25(17-33(30)57-2)51-13-11-24(12-14-51)46-19-22-15-23-21-52(39(56)36(23)28(41)16-22)32-9-10-35(53)50-38(32)55/h3-8,15-18,20,24,32,46H,9-14,19,21H2,1-2H3,(H,45,54)(H2,47,48,49)(H,50,53,55). The first-order chi connectivity index (χ1) is 27.3. The Hall–Kier alpha value is -6.23. The molecule has 3 aliphatic rings. The Labute approximate surface area is 325 Å². The average Bonchev–Trinajstić information content (AvgIpc) is 3.52. The van der Waals surface area contributed by atoms with Crippen LogP contribution in [0.3, 0.4) is 0 Å². The molecule has 1 aromatic heterocycles. The van der Waals surface area contributed by atoms with E-state index >= 15 is 4.39 Å². The number of alkyl halides is 3. The van der Waals surface area contributed by atoms with Gasteiger partial charge in [-0.25, -0.2) is 9.37 Å². The number of rotatable bonds is 11. The molecular weight excluding hydrogens is 748 g/mol. The number of benzene rings is 3. The smallest absolute Gasteiger partial charge is 0.419 e. The lowest BCUT2D eigenvalue weighted by Crippen LogP contribution is -2.52. The molecule has 3 aliphatic heterocycles. The Morgan fingerprint density at radius 1 is 0.965 bits per heavy atom. The number of carbonyl (C=O) groups is 4. The van der Waals surface area contributed by atoms with Gasteiger partial charge in [0.2, 0.25) is 11.8 Å². The quantitative estimate of drug-likeness (QED) is 0.0956. The third kappa shape index (κ3) is 8.33. The molecule has 0 spiro atoms. The number of ether oxygens (including phenoxy) is 1. The van der Waals surface area contributed by atoms with Gasteiger partial charge in [-0.3, -0.25) is 24.5 Å². The second kappa shape index (κ2) is 16.1. The lowest BCUT2D eigenvalue weighted by molar-refractivity contribution is -0.138. The molecule has 5 N–H and O–H groups in total. The van der Waals surface area contributed by atoms with Gasteiger partial charge in [0, 0.05) is 69.7 Å². The van der Waals surface area contributed by atoms with E-state index in [0.29, 0.717) is 42.2 Å². The van der Waals surface area contributed by atoms with Crippen molar-refractivity contribution in [3.05, 3.63) is 100 Å². The number of piperidine rings is 2. The number of hydrogen-bond acceptors (Lipinski definition) is 10. The minimum absolute atomic E-state index is 0.0357. The molecule has 4 aromatic rings. The van der Waals surface area contributed by atoms with Gasteiger partial charge in [0.05, 0.1) is 40.9 Å². The predicted octanol–water partition coefficient (Wildman–Crippen LogP) is 5.61. The number of carbonyl (C=O) groups excluding carboxylic acids is 4. The van der Waals surface area contributed by atoms with Crippen LogP contribution in [0.5, 0.6) is 5.75 Å². The van der Waals surface area contributed by atoms with Crippen LogP contribution in [-0.2, 0) is 28.9 Å². The zero-order valence-corrected chi connectivity index (χ0v) is 31.1. The highest BCUT2D eigenvalue weighted by Gasteiger charge is 2.41. The van der Waals surface area contributed by atoms with Crippen molar-refractivity contribution in [1.82, 2.24) is 25.8 Å². The fourth-order valence-corrected chi connectivity index (χ4v) is 7.47. The van der Waals surface area contributed by atoms with Crippen molar-refractivity contribution in [3.8, 4) is 5.75 Å². The van der Waals surface area contributed by atoms with Gasteiger partial charge in [-0.1, -0.05) is 18.2 Å². The van der Waals surface area contributed by atoms with Crippen LogP contribution in [0.2, 0.25) is 0 Å². The van der Waals surface area contributed by atoms with Crippen molar-refractivity contribution >= 4 is 52.2 Å². The van der Waals surface area contributed by atoms with E-state index in [1.165, 1.54) is 43.3 Å². The summed E-state index contributed by atoms with van der Waals surface area (Å²) in [6.07, 6.45) is -2.11. The molecule has 57 heavy (non-hydrogen) atoms. The normalized spacial score (nSPS) is 17.3. The van der Waals surface area contributed by atoms with Crippen LogP contribution in [0.15, 0.2) is 66.9 Å². The zero-order valence-electron chi connectivity index (χ0n) is 31.1. The van der Waals surface area contributed by atoms with Crippen LogP contribution >= 0.6 is 0 Å². The highest BCUT2D eigenvalue weighted by atomic mass is 19.4. The number of methoxy groups -OCH3 is 1. The highest BCUT2D eigenvalue weighted by Crippen LogP contribution is 2.39. The summed E-state index contributed by atoms with van der Waals surface area (Å²) in [7, 11) is 2.93. The van der Waals surface area contributed by atoms with E-state index in [0.717, 1.165) is 24.7 Å². The Morgan fingerprint density at radius 2 is 1.74 bits per heavy atom. The molecule has 17 heteroatoms. The first-order valence-corrected chi connectivity index (χ1v) is 18.4. The lowest BCUT2D eigenvalue weighted by atomic mass is 10.0. The van der Waals surface area contributed by atoms with Gasteiger partial charge in [0.15, 0.2) is 0 Å². The fraction of sp³-hybridized carbons (Fsp3) is 0.325. The monoisotopic (exact) mass is 788 g/mol. The number of fused-ring (bicyclic) bond motifs is 1. The van der Waals surface area contributed by atoms with E-state index in [-0.39, 0.29) is 59.7 Å². The first-order valence-electron chi connectivity index (χ1n) is 18.4. The van der Waals surface area contributed by atoms with Crippen LogP contribution in [-0.4, -0.2) is 72.8 Å². The maximum absolute atomic E-state index is 15.2. The SMILES string of the molecule is CNC(=O)c1ccccc1Nc1cc(Nc2ccc(N3CCC(NCc4cc(F)c5c(c4)CN(C4CCC(=O)NC4=O)C5=O)CC3)cc2OC)ncc1C(F)(F)F. The summed E-state index contributed by atoms with van der Waals surface area (Å²) in [5.41, 5.74) is 1.58. The van der Waals surface area contributed by atoms with E-state index in [1.807, 2.05) is 12.1 Å². The van der Waals surface area contributed by atoms with Gasteiger partial charge in [-0.2, -0.15) is 13.2 Å². The maximum Gasteiger partial charge on any atom is 0.419 e. The topological polar surface area (TPSA) is 157 Å². The molecule has 1 atom stereocenters. The van der Waals surface area contributed by atoms with Crippen molar-refractivity contribution < 1.29 is 41.5 Å². The van der Waals surface area contributed by atoms with E-state index < -0.39 is 41.3 Å². The molecule has 0 saturated carbocycles. The third-order valence-electron chi connectivity index (χ3n) is 10.4. The van der Waals surface area contributed by atoms with Gasteiger partial charge in [-0.15, -0.1) is 0 Å². The predicted molar refractivity (Wildman–Crippen MR) is 203 cm³/mol. The summed E-state index contributed by atoms with van der Waals surface area (Å²) in [4.78, 5) is 56.9. The first kappa shape index (κ1) is 39.0. The van der Waals surface area contributed by atoms with Crippen LogP contribution in [0.4, 0.5) is 46.1 Å². The molecule has 1 unspecified atom stereocenters. The van der Waals surface area contributed by atoms with E-state index in [1.54, 1.807) is 24.3 Å². The Morgan fingerprint density at radius 3 is 2.46 bits per heavy atom. The van der Waals surface area contributed by atoms with Gasteiger partial charge >= 0.3 is 6.18 Å². The number of halogens is 4. The lowest BCUT2D eigenvalue weighted by Gasteiger charge is -2.34. The van der Waals surface area contributed by atoms with Gasteiger partial charge in [-0.05, 0) is 60.7 Å². The van der Waals surface area contributed by atoms with Crippen molar-refractivity contribution in [2.45, 2.75) is 57.0 Å².